The van der Waals surface area contributed by atoms with Crippen LogP contribution in [0, 0.1) is 0 Å². The van der Waals surface area contributed by atoms with Gasteiger partial charge in [-0.3, -0.25) is 4.79 Å². The Morgan fingerprint density at radius 1 is 1.20 bits per heavy atom. The summed E-state index contributed by atoms with van der Waals surface area (Å²) < 4.78 is 5.53. The highest BCUT2D eigenvalue weighted by Gasteiger charge is 2.07. The number of hydrogen-bond acceptors (Lipinski definition) is 3. The van der Waals surface area contributed by atoms with Crippen molar-refractivity contribution in [3.63, 3.8) is 0 Å². The molecule has 0 aliphatic rings. The van der Waals surface area contributed by atoms with Crippen molar-refractivity contribution < 1.29 is 19.4 Å². The first-order valence-electron chi connectivity index (χ1n) is 5.80. The van der Waals surface area contributed by atoms with Crippen LogP contribution in [0.25, 0.3) is 0 Å². The molecule has 4 nitrogen and oxygen atoms in total. The molecule has 0 aliphatic heterocycles. The molecule has 0 bridgehead atoms. The van der Waals surface area contributed by atoms with Crippen molar-refractivity contribution >= 4 is 23.9 Å². The Morgan fingerprint density at radius 3 is 2.50 bits per heavy atom. The molecule has 2 rings (SSSR count). The third kappa shape index (κ3) is 3.16. The number of carbonyl (C=O) groups excluding carboxylic acids is 1. The predicted octanol–water partition coefficient (Wildman–Crippen LogP) is 3.43. The van der Waals surface area contributed by atoms with Crippen molar-refractivity contribution in [2.24, 2.45) is 0 Å². The number of halogens is 1. The number of carboxylic acid groups (broad SMARTS) is 1. The molecule has 0 fully saturated rings. The smallest absolute Gasteiger partial charge is 0.335 e. The van der Waals surface area contributed by atoms with E-state index in [0.717, 1.165) is 5.56 Å². The first-order valence-corrected chi connectivity index (χ1v) is 6.18. The molecule has 0 heterocycles. The predicted molar refractivity (Wildman–Crippen MR) is 74.6 cm³/mol. The molecule has 1 N–H and O–H groups in total. The Labute approximate surface area is 120 Å². The minimum absolute atomic E-state index is 0.213. The number of aromatic carboxylic acids is 1. The van der Waals surface area contributed by atoms with E-state index in [-0.39, 0.29) is 12.2 Å². The van der Waals surface area contributed by atoms with Crippen molar-refractivity contribution in [2.45, 2.75) is 6.61 Å². The van der Waals surface area contributed by atoms with E-state index in [1.54, 1.807) is 30.3 Å². The molecular weight excluding hydrogens is 280 g/mol. The molecule has 2 aromatic carbocycles. The zero-order valence-corrected chi connectivity index (χ0v) is 11.1. The van der Waals surface area contributed by atoms with Crippen LogP contribution in [0.3, 0.4) is 0 Å². The Balaban J connectivity index is 2.11. The first kappa shape index (κ1) is 14.1. The molecule has 102 valence electrons. The normalized spacial score (nSPS) is 10.1. The Hall–Kier alpha value is -2.33. The van der Waals surface area contributed by atoms with Gasteiger partial charge in [0.1, 0.15) is 12.4 Å². The van der Waals surface area contributed by atoms with Crippen molar-refractivity contribution in [3.05, 3.63) is 64.2 Å². The van der Waals surface area contributed by atoms with Crippen LogP contribution in [0.4, 0.5) is 0 Å². The number of benzene rings is 2. The van der Waals surface area contributed by atoms with Gasteiger partial charge in [0, 0.05) is 0 Å². The topological polar surface area (TPSA) is 63.6 Å². The lowest BCUT2D eigenvalue weighted by atomic mass is 10.1. The van der Waals surface area contributed by atoms with Gasteiger partial charge < -0.3 is 9.84 Å². The minimum Gasteiger partial charge on any atom is -0.488 e. The quantitative estimate of drug-likeness (QED) is 0.857. The number of hydrogen-bond donors (Lipinski definition) is 1. The van der Waals surface area contributed by atoms with E-state index in [9.17, 15) is 9.59 Å². The van der Waals surface area contributed by atoms with Gasteiger partial charge in [0.15, 0.2) is 6.29 Å². The van der Waals surface area contributed by atoms with Gasteiger partial charge in [-0.1, -0.05) is 29.8 Å². The molecule has 0 saturated heterocycles. The molecule has 0 saturated carbocycles. The van der Waals surface area contributed by atoms with Crippen LogP contribution < -0.4 is 4.74 Å². The summed E-state index contributed by atoms with van der Waals surface area (Å²) in [6, 6.07) is 11.3. The largest absolute Gasteiger partial charge is 0.488 e. The summed E-state index contributed by atoms with van der Waals surface area (Å²) in [6.07, 6.45) is 0.644. The maximum atomic E-state index is 10.9. The number of carbonyl (C=O) groups is 2. The summed E-state index contributed by atoms with van der Waals surface area (Å²) >= 11 is 5.89. The highest BCUT2D eigenvalue weighted by Crippen LogP contribution is 2.25. The van der Waals surface area contributed by atoms with Crippen molar-refractivity contribution in [3.8, 4) is 5.75 Å². The van der Waals surface area contributed by atoms with Crippen LogP contribution in [-0.4, -0.2) is 17.4 Å². The van der Waals surface area contributed by atoms with Crippen LogP contribution in [0.5, 0.6) is 5.75 Å². The summed E-state index contributed by atoms with van der Waals surface area (Å²) in [4.78, 5) is 21.7. The lowest BCUT2D eigenvalue weighted by molar-refractivity contribution is 0.0696. The number of ether oxygens (including phenoxy) is 1. The van der Waals surface area contributed by atoms with Gasteiger partial charge >= 0.3 is 5.97 Å². The highest BCUT2D eigenvalue weighted by molar-refractivity contribution is 6.33. The van der Waals surface area contributed by atoms with Gasteiger partial charge in [0.2, 0.25) is 0 Å². The monoisotopic (exact) mass is 290 g/mol. The number of rotatable bonds is 5. The molecule has 0 aromatic heterocycles. The van der Waals surface area contributed by atoms with Crippen molar-refractivity contribution in [2.75, 3.05) is 0 Å². The summed E-state index contributed by atoms with van der Waals surface area (Å²) in [6.45, 7) is 0.223. The highest BCUT2D eigenvalue weighted by atomic mass is 35.5. The lowest BCUT2D eigenvalue weighted by Gasteiger charge is -2.09. The van der Waals surface area contributed by atoms with E-state index in [1.165, 1.54) is 12.1 Å². The zero-order valence-electron chi connectivity index (χ0n) is 10.4. The maximum Gasteiger partial charge on any atom is 0.335 e. The Morgan fingerprint density at radius 2 is 1.90 bits per heavy atom. The third-order valence-electron chi connectivity index (χ3n) is 2.73. The van der Waals surface area contributed by atoms with E-state index in [0.29, 0.717) is 22.6 Å². The minimum atomic E-state index is -0.976. The van der Waals surface area contributed by atoms with Crippen LogP contribution in [0.2, 0.25) is 5.02 Å². The molecule has 0 spiro atoms. The third-order valence-corrected chi connectivity index (χ3v) is 3.06. The molecular formula is C15H11ClO4. The van der Waals surface area contributed by atoms with Crippen LogP contribution >= 0.6 is 11.6 Å². The lowest BCUT2D eigenvalue weighted by Crippen LogP contribution is -2.00. The summed E-state index contributed by atoms with van der Waals surface area (Å²) in [5, 5.41) is 9.13. The standard InChI is InChI=1S/C15H11ClO4/c16-13-2-1-3-14(12(13)8-17)20-9-10-4-6-11(7-5-10)15(18)19/h1-8H,9H2,(H,18,19). The second-order valence-electron chi connectivity index (χ2n) is 4.06. The second-order valence-corrected chi connectivity index (χ2v) is 4.47. The zero-order chi connectivity index (χ0) is 14.5. The fraction of sp³-hybridized carbons (Fsp3) is 0.0667. The summed E-state index contributed by atoms with van der Waals surface area (Å²) in [7, 11) is 0. The fourth-order valence-electron chi connectivity index (χ4n) is 1.66. The average Bonchev–Trinajstić information content (AvgIpc) is 2.45. The number of aldehydes is 1. The molecule has 0 radical (unpaired) electrons. The van der Waals surface area contributed by atoms with E-state index in [4.69, 9.17) is 21.4 Å². The van der Waals surface area contributed by atoms with Crippen LogP contribution in [-0.2, 0) is 6.61 Å². The van der Waals surface area contributed by atoms with Crippen LogP contribution in [0.15, 0.2) is 42.5 Å². The van der Waals surface area contributed by atoms with Gasteiger partial charge in [-0.25, -0.2) is 4.79 Å². The van der Waals surface area contributed by atoms with Gasteiger partial charge in [0.25, 0.3) is 0 Å². The molecule has 0 atom stereocenters. The van der Waals surface area contributed by atoms with Crippen molar-refractivity contribution in [1.82, 2.24) is 0 Å². The molecule has 0 unspecified atom stereocenters. The number of carboxylic acids is 1. The average molecular weight is 291 g/mol. The van der Waals surface area contributed by atoms with E-state index < -0.39 is 5.97 Å². The van der Waals surface area contributed by atoms with Gasteiger partial charge in [-0.05, 0) is 29.8 Å². The molecule has 5 heteroatoms. The van der Waals surface area contributed by atoms with Gasteiger partial charge in [0.05, 0.1) is 16.1 Å². The van der Waals surface area contributed by atoms with E-state index in [2.05, 4.69) is 0 Å². The van der Waals surface area contributed by atoms with E-state index in [1.807, 2.05) is 0 Å². The summed E-state index contributed by atoms with van der Waals surface area (Å²) in [5.74, 6) is -0.578. The molecule has 0 amide bonds. The van der Waals surface area contributed by atoms with Crippen LogP contribution in [0.1, 0.15) is 26.3 Å². The Bertz CT molecular complexity index is 635. The van der Waals surface area contributed by atoms with Gasteiger partial charge in [-0.2, -0.15) is 0 Å². The SMILES string of the molecule is O=Cc1c(Cl)cccc1OCc1ccc(C(=O)O)cc1. The second kappa shape index (κ2) is 6.21. The van der Waals surface area contributed by atoms with Crippen molar-refractivity contribution in [1.29, 1.82) is 0 Å². The Kier molecular flexibility index (Phi) is 4.38. The maximum absolute atomic E-state index is 10.9. The summed E-state index contributed by atoms with van der Waals surface area (Å²) in [5.41, 5.74) is 1.31. The van der Waals surface area contributed by atoms with Gasteiger partial charge in [-0.15, -0.1) is 0 Å². The first-order chi connectivity index (χ1) is 9.61. The molecule has 2 aromatic rings. The molecule has 20 heavy (non-hydrogen) atoms. The molecule has 0 aliphatic carbocycles. The van der Waals surface area contributed by atoms with E-state index >= 15 is 0 Å². The fourth-order valence-corrected chi connectivity index (χ4v) is 1.87.